The molecule has 1 fully saturated rings. The van der Waals surface area contributed by atoms with Crippen molar-refractivity contribution in [3.63, 3.8) is 0 Å². The zero-order chi connectivity index (χ0) is 22.8. The van der Waals surface area contributed by atoms with Crippen molar-refractivity contribution in [3.05, 3.63) is 47.7 Å². The van der Waals surface area contributed by atoms with Gasteiger partial charge < -0.3 is 25.5 Å². The highest BCUT2D eigenvalue weighted by Crippen LogP contribution is 2.33. The van der Waals surface area contributed by atoms with E-state index in [1.165, 1.54) is 18.3 Å². The van der Waals surface area contributed by atoms with Gasteiger partial charge in [-0.25, -0.2) is 22.4 Å². The molecule has 1 saturated heterocycles. The number of nitrogens with one attached hydrogen (secondary N) is 1. The van der Waals surface area contributed by atoms with Crippen molar-refractivity contribution in [2.75, 3.05) is 18.0 Å². The predicted octanol–water partition coefficient (Wildman–Crippen LogP) is 2.75. The summed E-state index contributed by atoms with van der Waals surface area (Å²) >= 11 is 0. The number of carbonyl (C=O) groups is 1. The number of anilines is 1. The summed E-state index contributed by atoms with van der Waals surface area (Å²) in [6, 6.07) is 4.68. The lowest BCUT2D eigenvalue weighted by atomic mass is 9.83. The van der Waals surface area contributed by atoms with E-state index in [0.717, 1.165) is 12.1 Å². The fourth-order valence-electron chi connectivity index (χ4n) is 3.88. The van der Waals surface area contributed by atoms with Gasteiger partial charge in [0.2, 0.25) is 0 Å². The van der Waals surface area contributed by atoms with Gasteiger partial charge >= 0.3 is 6.09 Å². The van der Waals surface area contributed by atoms with Gasteiger partial charge in [-0.05, 0) is 37.1 Å². The molecule has 1 aromatic heterocycles. The van der Waals surface area contributed by atoms with Crippen molar-refractivity contribution >= 4 is 11.8 Å². The van der Waals surface area contributed by atoms with Crippen LogP contribution in [0.1, 0.15) is 18.4 Å². The molecule has 0 radical (unpaired) electrons. The molecule has 4 N–H and O–H groups in total. The van der Waals surface area contributed by atoms with Gasteiger partial charge in [0.25, 0.3) is 6.43 Å². The van der Waals surface area contributed by atoms with Crippen LogP contribution in [0.25, 0.3) is 11.3 Å². The molecule has 7 nitrogen and oxygen atoms in total. The van der Waals surface area contributed by atoms with Crippen LogP contribution in [0.4, 0.5) is 28.0 Å². The van der Waals surface area contributed by atoms with Crippen molar-refractivity contribution < 1.29 is 37.7 Å². The standard InChI is InChI=1S/C20H21F4N3O4/c21-13-3-2-11(6-14(13)22)15-7-12(9-28)16(8-25-15)27-5-1-4-20(10-27,26-19(30)31)17(29)18(23)24/h2-3,6-8,17-18,26,28-29H,1,4-5,9-10H2,(H,30,31). The number of hydrogen-bond acceptors (Lipinski definition) is 5. The summed E-state index contributed by atoms with van der Waals surface area (Å²) in [4.78, 5) is 17.0. The normalized spacial score (nSPS) is 20.0. The average Bonchev–Trinajstić information content (AvgIpc) is 2.74. The first-order chi connectivity index (χ1) is 14.7. The second kappa shape index (κ2) is 9.06. The number of rotatable bonds is 6. The fourth-order valence-corrected chi connectivity index (χ4v) is 3.88. The van der Waals surface area contributed by atoms with Gasteiger partial charge in [-0.1, -0.05) is 0 Å². The van der Waals surface area contributed by atoms with E-state index >= 15 is 0 Å². The number of aliphatic hydroxyl groups is 2. The highest BCUT2D eigenvalue weighted by atomic mass is 19.3. The Morgan fingerprint density at radius 2 is 2.00 bits per heavy atom. The molecule has 0 saturated carbocycles. The quantitative estimate of drug-likeness (QED) is 0.512. The lowest BCUT2D eigenvalue weighted by Gasteiger charge is -2.46. The average molecular weight is 443 g/mol. The van der Waals surface area contributed by atoms with Crippen LogP contribution in [0, 0.1) is 11.6 Å². The summed E-state index contributed by atoms with van der Waals surface area (Å²) in [7, 11) is 0. The molecule has 0 aliphatic carbocycles. The van der Waals surface area contributed by atoms with Crippen molar-refractivity contribution in [2.24, 2.45) is 0 Å². The van der Waals surface area contributed by atoms with Crippen LogP contribution < -0.4 is 10.2 Å². The van der Waals surface area contributed by atoms with Gasteiger partial charge in [0.15, 0.2) is 11.6 Å². The molecule has 0 bridgehead atoms. The topological polar surface area (TPSA) is 106 Å². The van der Waals surface area contributed by atoms with Crippen LogP contribution in [-0.2, 0) is 6.61 Å². The predicted molar refractivity (Wildman–Crippen MR) is 103 cm³/mol. The van der Waals surface area contributed by atoms with Crippen LogP contribution in [0.2, 0.25) is 0 Å². The second-order valence-electron chi connectivity index (χ2n) is 7.38. The number of amides is 1. The van der Waals surface area contributed by atoms with Crippen molar-refractivity contribution in [3.8, 4) is 11.3 Å². The molecule has 1 aromatic carbocycles. The molecule has 3 rings (SSSR count). The van der Waals surface area contributed by atoms with Crippen LogP contribution in [0.15, 0.2) is 30.5 Å². The minimum Gasteiger partial charge on any atom is -0.465 e. The maximum absolute atomic E-state index is 13.5. The number of pyridine rings is 1. The van der Waals surface area contributed by atoms with Gasteiger partial charge in [0.05, 0.1) is 29.7 Å². The number of piperidine rings is 1. The van der Waals surface area contributed by atoms with E-state index < -0.39 is 42.4 Å². The van der Waals surface area contributed by atoms with E-state index in [2.05, 4.69) is 4.98 Å². The Morgan fingerprint density at radius 1 is 1.26 bits per heavy atom. The molecule has 1 amide bonds. The summed E-state index contributed by atoms with van der Waals surface area (Å²) in [6.07, 6.45) is -5.32. The van der Waals surface area contributed by atoms with E-state index in [-0.39, 0.29) is 24.2 Å². The zero-order valence-corrected chi connectivity index (χ0v) is 16.2. The highest BCUT2D eigenvalue weighted by Gasteiger charge is 2.47. The Morgan fingerprint density at radius 3 is 2.61 bits per heavy atom. The molecular weight excluding hydrogens is 422 g/mol. The minimum atomic E-state index is -3.17. The number of halogens is 4. The lowest BCUT2D eigenvalue weighted by molar-refractivity contribution is -0.0627. The number of hydrogen-bond donors (Lipinski definition) is 4. The Kier molecular flexibility index (Phi) is 6.65. The van der Waals surface area contributed by atoms with Crippen LogP contribution >= 0.6 is 0 Å². The smallest absolute Gasteiger partial charge is 0.405 e. The number of aliphatic hydroxyl groups excluding tert-OH is 2. The largest absolute Gasteiger partial charge is 0.465 e. The van der Waals surface area contributed by atoms with Crippen LogP contribution in [-0.4, -0.2) is 57.6 Å². The number of benzene rings is 1. The van der Waals surface area contributed by atoms with Crippen LogP contribution in [0.5, 0.6) is 0 Å². The maximum atomic E-state index is 13.5. The fraction of sp³-hybridized carbons (Fsp3) is 0.400. The number of alkyl halides is 2. The second-order valence-corrected chi connectivity index (χ2v) is 7.38. The first kappa shape index (κ1) is 22.8. The summed E-state index contributed by atoms with van der Waals surface area (Å²) in [5.41, 5.74) is -0.608. The van der Waals surface area contributed by atoms with Gasteiger partial charge in [-0.3, -0.25) is 4.98 Å². The molecule has 11 heteroatoms. The van der Waals surface area contributed by atoms with Crippen molar-refractivity contribution in [1.29, 1.82) is 0 Å². The zero-order valence-electron chi connectivity index (χ0n) is 16.2. The third-order valence-corrected chi connectivity index (χ3v) is 5.38. The summed E-state index contributed by atoms with van der Waals surface area (Å²) in [5, 5.41) is 31.0. The highest BCUT2D eigenvalue weighted by molar-refractivity contribution is 5.67. The SMILES string of the molecule is O=C(O)NC1(C(O)C(F)F)CCCN(c2cnc(-c3ccc(F)c(F)c3)cc2CO)C1. The molecule has 31 heavy (non-hydrogen) atoms. The monoisotopic (exact) mass is 443 g/mol. The minimum absolute atomic E-state index is 0.00384. The van der Waals surface area contributed by atoms with E-state index in [1.807, 2.05) is 5.32 Å². The molecule has 2 aromatic rings. The Bertz CT molecular complexity index is 962. The molecule has 168 valence electrons. The third-order valence-electron chi connectivity index (χ3n) is 5.38. The number of carboxylic acid groups (broad SMARTS) is 1. The molecule has 1 aliphatic heterocycles. The van der Waals surface area contributed by atoms with E-state index in [0.29, 0.717) is 24.2 Å². The first-order valence-electron chi connectivity index (χ1n) is 9.44. The Balaban J connectivity index is 1.95. The number of nitrogens with zero attached hydrogens (tertiary/aromatic N) is 2. The van der Waals surface area contributed by atoms with Crippen molar-refractivity contribution in [1.82, 2.24) is 10.3 Å². The summed E-state index contributed by atoms with van der Waals surface area (Å²) in [5.74, 6) is -2.08. The Labute approximate surface area is 175 Å². The first-order valence-corrected chi connectivity index (χ1v) is 9.44. The molecule has 2 heterocycles. The molecule has 1 aliphatic rings. The Hall–Kier alpha value is -2.92. The third kappa shape index (κ3) is 4.72. The van der Waals surface area contributed by atoms with E-state index in [1.54, 1.807) is 4.90 Å². The van der Waals surface area contributed by atoms with Gasteiger partial charge in [-0.15, -0.1) is 0 Å². The molecular formula is C20H21F4N3O4. The van der Waals surface area contributed by atoms with E-state index in [9.17, 15) is 32.6 Å². The molecule has 2 unspecified atom stereocenters. The van der Waals surface area contributed by atoms with Gasteiger partial charge in [-0.2, -0.15) is 0 Å². The maximum Gasteiger partial charge on any atom is 0.405 e. The van der Waals surface area contributed by atoms with Crippen LogP contribution in [0.3, 0.4) is 0 Å². The van der Waals surface area contributed by atoms with Gasteiger partial charge in [0, 0.05) is 24.2 Å². The lowest BCUT2D eigenvalue weighted by Crippen LogP contribution is -2.66. The molecule has 2 atom stereocenters. The van der Waals surface area contributed by atoms with Gasteiger partial charge in [0.1, 0.15) is 6.10 Å². The molecule has 0 spiro atoms. The van der Waals surface area contributed by atoms with E-state index in [4.69, 9.17) is 5.11 Å². The summed E-state index contributed by atoms with van der Waals surface area (Å²) in [6.45, 7) is -0.399. The van der Waals surface area contributed by atoms with Crippen molar-refractivity contribution in [2.45, 2.75) is 37.5 Å². The summed E-state index contributed by atoms with van der Waals surface area (Å²) < 4.78 is 53.3. The number of aromatic nitrogens is 1.